The van der Waals surface area contributed by atoms with Crippen LogP contribution >= 0.6 is 0 Å². The molecule has 0 unspecified atom stereocenters. The first-order valence-corrected chi connectivity index (χ1v) is 11.6. The van der Waals surface area contributed by atoms with Gasteiger partial charge in [-0.25, -0.2) is 8.42 Å². The van der Waals surface area contributed by atoms with Crippen LogP contribution in [0.5, 0.6) is 0 Å². The molecule has 0 atom stereocenters. The molecule has 1 N–H and O–H groups in total. The van der Waals surface area contributed by atoms with Gasteiger partial charge < -0.3 is 14.6 Å². The molecule has 9 heteroatoms. The monoisotopic (exact) mass is 440 g/mol. The average molecular weight is 441 g/mol. The molecule has 2 aromatic heterocycles. The summed E-state index contributed by atoms with van der Waals surface area (Å²) >= 11 is 0. The molecule has 0 aliphatic carbocycles. The van der Waals surface area contributed by atoms with Crippen molar-refractivity contribution in [3.05, 3.63) is 66.1 Å². The van der Waals surface area contributed by atoms with Crippen molar-refractivity contribution in [1.82, 2.24) is 15.5 Å². The second-order valence-electron chi connectivity index (χ2n) is 7.60. The first-order valence-electron chi connectivity index (χ1n) is 10.1. The van der Waals surface area contributed by atoms with E-state index in [1.54, 1.807) is 42.7 Å². The summed E-state index contributed by atoms with van der Waals surface area (Å²) in [6.07, 6.45) is 2.96. The molecule has 1 saturated heterocycles. The number of piperidine rings is 1. The van der Waals surface area contributed by atoms with Crippen molar-refractivity contribution in [3.63, 3.8) is 0 Å². The lowest BCUT2D eigenvalue weighted by Crippen LogP contribution is -2.40. The Balaban J connectivity index is 1.35. The van der Waals surface area contributed by atoms with Crippen LogP contribution in [0.2, 0.25) is 0 Å². The van der Waals surface area contributed by atoms with Crippen molar-refractivity contribution in [2.45, 2.75) is 36.2 Å². The van der Waals surface area contributed by atoms with Crippen LogP contribution in [0.25, 0.3) is 0 Å². The van der Waals surface area contributed by atoms with Crippen molar-refractivity contribution in [2.24, 2.45) is 5.92 Å². The van der Waals surface area contributed by atoms with Crippen LogP contribution < -0.4 is 10.2 Å². The maximum atomic E-state index is 12.7. The van der Waals surface area contributed by atoms with Crippen LogP contribution in [-0.4, -0.2) is 37.6 Å². The molecule has 1 aliphatic rings. The van der Waals surface area contributed by atoms with Crippen LogP contribution in [0.3, 0.4) is 0 Å². The quantitative estimate of drug-likeness (QED) is 0.628. The number of carbonyl (C=O) groups is 1. The lowest BCUT2D eigenvalue weighted by atomic mass is 9.96. The van der Waals surface area contributed by atoms with E-state index in [-0.39, 0.29) is 21.7 Å². The first-order chi connectivity index (χ1) is 14.9. The number of sulfone groups is 1. The van der Waals surface area contributed by atoms with Crippen molar-refractivity contribution < 1.29 is 17.6 Å². The number of nitrogens with zero attached hydrogens (tertiary/aromatic N) is 3. The predicted molar refractivity (Wildman–Crippen MR) is 114 cm³/mol. The fraction of sp³-hybridized carbons (Fsp3) is 0.318. The minimum atomic E-state index is -3.70. The molecule has 8 nitrogen and oxygen atoms in total. The maximum absolute atomic E-state index is 12.7. The molecule has 31 heavy (non-hydrogen) atoms. The number of amides is 1. The molecule has 1 fully saturated rings. The van der Waals surface area contributed by atoms with Crippen molar-refractivity contribution >= 4 is 21.6 Å². The van der Waals surface area contributed by atoms with Gasteiger partial charge in [0.2, 0.25) is 15.7 Å². The van der Waals surface area contributed by atoms with E-state index < -0.39 is 9.84 Å². The number of carbonyl (C=O) groups excluding carboxylic acids is 1. The number of hydrogen-bond donors (Lipinski definition) is 1. The number of rotatable bonds is 6. The highest BCUT2D eigenvalue weighted by Crippen LogP contribution is 2.24. The fourth-order valence-corrected chi connectivity index (χ4v) is 4.70. The van der Waals surface area contributed by atoms with Gasteiger partial charge in [-0.05, 0) is 56.2 Å². The first kappa shape index (κ1) is 21.0. The summed E-state index contributed by atoms with van der Waals surface area (Å²) in [5.41, 5.74) is 0.985. The van der Waals surface area contributed by atoms with E-state index in [2.05, 4.69) is 15.5 Å². The van der Waals surface area contributed by atoms with E-state index in [1.165, 1.54) is 6.07 Å². The summed E-state index contributed by atoms with van der Waals surface area (Å²) in [4.78, 5) is 14.6. The molecule has 162 valence electrons. The summed E-state index contributed by atoms with van der Waals surface area (Å²) in [5.74, 6) is 1.28. The van der Waals surface area contributed by atoms with Gasteiger partial charge in [0.05, 0.1) is 17.7 Å². The Morgan fingerprint density at radius 3 is 2.45 bits per heavy atom. The van der Waals surface area contributed by atoms with Crippen molar-refractivity contribution in [3.8, 4) is 0 Å². The zero-order chi connectivity index (χ0) is 21.8. The summed E-state index contributed by atoms with van der Waals surface area (Å²) in [6, 6.07) is 13.4. The summed E-state index contributed by atoms with van der Waals surface area (Å²) in [6.45, 7) is 3.58. The standard InChI is InChI=1S/C22H24N4O4S/c1-16-4-6-19(7-5-16)31(28,29)21-9-8-20(24-25-21)26-12-10-17(11-13-26)22(27)23-15-18-3-2-14-30-18/h2-9,14,17H,10-13,15H2,1H3,(H,23,27). The summed E-state index contributed by atoms with van der Waals surface area (Å²) < 4.78 is 30.7. The Kier molecular flexibility index (Phi) is 6.03. The molecular weight excluding hydrogens is 416 g/mol. The van der Waals surface area contributed by atoms with Gasteiger partial charge >= 0.3 is 0 Å². The van der Waals surface area contributed by atoms with Crippen LogP contribution in [0.15, 0.2) is 69.1 Å². The number of anilines is 1. The molecular formula is C22H24N4O4S. The summed E-state index contributed by atoms with van der Waals surface area (Å²) in [5, 5.41) is 10.9. The largest absolute Gasteiger partial charge is 0.467 e. The van der Waals surface area contributed by atoms with E-state index in [1.807, 2.05) is 17.9 Å². The van der Waals surface area contributed by atoms with Gasteiger partial charge in [-0.15, -0.1) is 10.2 Å². The number of aryl methyl sites for hydroxylation is 1. The second kappa shape index (κ2) is 8.89. The second-order valence-corrected chi connectivity index (χ2v) is 9.50. The van der Waals surface area contributed by atoms with E-state index in [0.29, 0.717) is 38.3 Å². The smallest absolute Gasteiger partial charge is 0.225 e. The Labute approximate surface area is 181 Å². The highest BCUT2D eigenvalue weighted by atomic mass is 32.2. The number of nitrogens with one attached hydrogen (secondary N) is 1. The van der Waals surface area contributed by atoms with E-state index in [9.17, 15) is 13.2 Å². The lowest BCUT2D eigenvalue weighted by molar-refractivity contribution is -0.125. The van der Waals surface area contributed by atoms with Gasteiger partial charge in [-0.3, -0.25) is 4.79 Å². The van der Waals surface area contributed by atoms with Gasteiger partial charge in [-0.2, -0.15) is 0 Å². The molecule has 0 radical (unpaired) electrons. The molecule has 3 aromatic rings. The zero-order valence-corrected chi connectivity index (χ0v) is 18.0. The Bertz CT molecular complexity index is 1120. The SMILES string of the molecule is Cc1ccc(S(=O)(=O)c2ccc(N3CCC(C(=O)NCc4ccco4)CC3)nn2)cc1. The van der Waals surface area contributed by atoms with Crippen LogP contribution in [0, 0.1) is 12.8 Å². The van der Waals surface area contributed by atoms with E-state index in [4.69, 9.17) is 4.42 Å². The fourth-order valence-electron chi connectivity index (χ4n) is 3.57. The van der Waals surface area contributed by atoms with Gasteiger partial charge in [0.1, 0.15) is 5.76 Å². The molecule has 0 bridgehead atoms. The number of hydrogen-bond acceptors (Lipinski definition) is 7. The number of furan rings is 1. The third kappa shape index (κ3) is 4.77. The minimum Gasteiger partial charge on any atom is -0.467 e. The van der Waals surface area contributed by atoms with Crippen LogP contribution in [-0.2, 0) is 21.2 Å². The molecule has 1 aromatic carbocycles. The van der Waals surface area contributed by atoms with Gasteiger partial charge in [0.25, 0.3) is 0 Å². The number of aromatic nitrogens is 2. The Morgan fingerprint density at radius 1 is 1.10 bits per heavy atom. The molecule has 3 heterocycles. The van der Waals surface area contributed by atoms with E-state index in [0.717, 1.165) is 11.3 Å². The third-order valence-electron chi connectivity index (χ3n) is 5.44. The third-order valence-corrected chi connectivity index (χ3v) is 7.10. The van der Waals surface area contributed by atoms with E-state index >= 15 is 0 Å². The van der Waals surface area contributed by atoms with Crippen LogP contribution in [0.4, 0.5) is 5.82 Å². The van der Waals surface area contributed by atoms with Gasteiger partial charge in [0, 0.05) is 19.0 Å². The van der Waals surface area contributed by atoms with Crippen molar-refractivity contribution in [2.75, 3.05) is 18.0 Å². The number of benzene rings is 1. The topological polar surface area (TPSA) is 105 Å². The predicted octanol–water partition coefficient (Wildman–Crippen LogP) is 2.74. The highest BCUT2D eigenvalue weighted by molar-refractivity contribution is 7.91. The van der Waals surface area contributed by atoms with Gasteiger partial charge in [0.15, 0.2) is 10.8 Å². The highest BCUT2D eigenvalue weighted by Gasteiger charge is 2.26. The lowest BCUT2D eigenvalue weighted by Gasteiger charge is -2.31. The summed E-state index contributed by atoms with van der Waals surface area (Å²) in [7, 11) is -3.70. The maximum Gasteiger partial charge on any atom is 0.225 e. The average Bonchev–Trinajstić information content (AvgIpc) is 3.32. The van der Waals surface area contributed by atoms with Crippen molar-refractivity contribution in [1.29, 1.82) is 0 Å². The molecule has 0 spiro atoms. The molecule has 1 aliphatic heterocycles. The van der Waals surface area contributed by atoms with Crippen LogP contribution in [0.1, 0.15) is 24.2 Å². The van der Waals surface area contributed by atoms with Gasteiger partial charge in [-0.1, -0.05) is 17.7 Å². The minimum absolute atomic E-state index is 0.0154. The normalized spacial score (nSPS) is 15.1. The molecule has 0 saturated carbocycles. The molecule has 4 rings (SSSR count). The Morgan fingerprint density at radius 2 is 1.84 bits per heavy atom. The Hall–Kier alpha value is -3.20. The molecule has 1 amide bonds. The zero-order valence-electron chi connectivity index (χ0n) is 17.2.